The maximum absolute atomic E-state index is 12.0. The van der Waals surface area contributed by atoms with Crippen LogP contribution in [0.4, 0.5) is 0 Å². The van der Waals surface area contributed by atoms with Gasteiger partial charge in [-0.05, 0) is 12.5 Å². The van der Waals surface area contributed by atoms with E-state index in [4.69, 9.17) is 15.4 Å². The Bertz CT molecular complexity index is 554. The number of nitrogens with one attached hydrogen (secondary N) is 1. The zero-order valence-corrected chi connectivity index (χ0v) is 13.1. The zero-order chi connectivity index (χ0) is 15.2. The number of halogens is 1. The molecule has 0 fully saturated rings. The highest BCUT2D eigenvalue weighted by Crippen LogP contribution is 2.18. The van der Waals surface area contributed by atoms with Crippen LogP contribution < -0.4 is 5.32 Å². The van der Waals surface area contributed by atoms with Gasteiger partial charge in [-0.15, -0.1) is 0 Å². The van der Waals surface area contributed by atoms with E-state index in [0.717, 1.165) is 12.8 Å². The fraction of sp³-hybridized carbons (Fsp3) is 0.583. The van der Waals surface area contributed by atoms with Crippen molar-refractivity contribution in [3.8, 4) is 0 Å². The van der Waals surface area contributed by atoms with Crippen molar-refractivity contribution in [2.75, 3.05) is 20.3 Å². The maximum atomic E-state index is 12.0. The van der Waals surface area contributed by atoms with Crippen molar-refractivity contribution in [3.05, 3.63) is 18.0 Å². The van der Waals surface area contributed by atoms with Crippen molar-refractivity contribution in [1.29, 1.82) is 0 Å². The third kappa shape index (κ3) is 4.81. The summed E-state index contributed by atoms with van der Waals surface area (Å²) in [4.78, 5) is 11.9. The van der Waals surface area contributed by atoms with Crippen LogP contribution >= 0.6 is 10.7 Å². The molecular formula is C12H19ClN2O4S. The Hall–Kier alpha value is -1.05. The molecule has 0 atom stereocenters. The summed E-state index contributed by atoms with van der Waals surface area (Å²) in [5.41, 5.74) is 0.261. The van der Waals surface area contributed by atoms with Gasteiger partial charge in [0.2, 0.25) is 0 Å². The van der Waals surface area contributed by atoms with E-state index in [0.29, 0.717) is 19.7 Å². The summed E-state index contributed by atoms with van der Waals surface area (Å²) in [6, 6.07) is 1.28. The average molecular weight is 323 g/mol. The smallest absolute Gasteiger partial charge is 0.267 e. The molecule has 1 rings (SSSR count). The minimum atomic E-state index is -3.86. The van der Waals surface area contributed by atoms with Gasteiger partial charge in [-0.3, -0.25) is 4.79 Å². The summed E-state index contributed by atoms with van der Waals surface area (Å²) < 4.78 is 29.2. The Kier molecular flexibility index (Phi) is 6.51. The highest BCUT2D eigenvalue weighted by molar-refractivity contribution is 8.13. The van der Waals surface area contributed by atoms with E-state index in [1.807, 2.05) is 6.92 Å². The summed E-state index contributed by atoms with van der Waals surface area (Å²) in [5.74, 6) is -0.318. The molecule has 0 spiro atoms. The van der Waals surface area contributed by atoms with E-state index in [-0.39, 0.29) is 16.5 Å². The minimum Gasteiger partial charge on any atom is -0.383 e. The molecule has 0 radical (unpaired) electrons. The highest BCUT2D eigenvalue weighted by Gasteiger charge is 2.19. The quantitative estimate of drug-likeness (QED) is 0.582. The molecule has 0 aromatic carbocycles. The molecule has 1 aromatic rings. The third-order valence-corrected chi connectivity index (χ3v) is 4.06. The van der Waals surface area contributed by atoms with Crippen LogP contribution in [0.3, 0.4) is 0 Å². The van der Waals surface area contributed by atoms with Crippen LogP contribution in [0.25, 0.3) is 0 Å². The van der Waals surface area contributed by atoms with Crippen LogP contribution in [0.15, 0.2) is 17.2 Å². The van der Waals surface area contributed by atoms with Crippen molar-refractivity contribution in [2.45, 2.75) is 31.2 Å². The van der Waals surface area contributed by atoms with Gasteiger partial charge in [0.05, 0.1) is 6.61 Å². The van der Waals surface area contributed by atoms with Gasteiger partial charge < -0.3 is 14.6 Å². The average Bonchev–Trinajstić information content (AvgIpc) is 2.80. The first-order valence-electron chi connectivity index (χ1n) is 6.32. The first kappa shape index (κ1) is 17.0. The second-order valence-corrected chi connectivity index (χ2v) is 6.86. The Balaban J connectivity index is 2.96. The van der Waals surface area contributed by atoms with Gasteiger partial charge in [-0.2, -0.15) is 0 Å². The van der Waals surface area contributed by atoms with E-state index in [9.17, 15) is 13.2 Å². The molecule has 6 nitrogen and oxygen atoms in total. The van der Waals surface area contributed by atoms with Gasteiger partial charge in [0.25, 0.3) is 15.0 Å². The Morgan fingerprint density at radius 1 is 1.50 bits per heavy atom. The monoisotopic (exact) mass is 322 g/mol. The van der Waals surface area contributed by atoms with E-state index < -0.39 is 9.05 Å². The van der Waals surface area contributed by atoms with Gasteiger partial charge in [0.15, 0.2) is 0 Å². The Labute approximate surface area is 123 Å². The van der Waals surface area contributed by atoms with E-state index in [1.165, 1.54) is 23.9 Å². The van der Waals surface area contributed by atoms with Gasteiger partial charge in [0.1, 0.15) is 10.6 Å². The number of rotatable bonds is 8. The molecule has 1 aromatic heterocycles. The predicted octanol–water partition coefficient (Wildman–Crippen LogP) is 1.59. The first-order valence-corrected chi connectivity index (χ1v) is 8.63. The number of aromatic nitrogens is 1. The molecule has 0 aliphatic heterocycles. The van der Waals surface area contributed by atoms with E-state index in [2.05, 4.69) is 5.32 Å². The van der Waals surface area contributed by atoms with Crippen molar-refractivity contribution >= 4 is 25.6 Å². The molecule has 0 saturated heterocycles. The summed E-state index contributed by atoms with van der Waals surface area (Å²) >= 11 is 0. The molecule has 0 aliphatic rings. The molecule has 0 aliphatic carbocycles. The maximum Gasteiger partial charge on any atom is 0.267 e. The lowest BCUT2D eigenvalue weighted by molar-refractivity contribution is 0.0941. The van der Waals surface area contributed by atoms with Crippen molar-refractivity contribution in [1.82, 2.24) is 9.88 Å². The number of carbonyl (C=O) groups is 1. The number of methoxy groups -OCH3 is 1. The molecule has 114 valence electrons. The second-order valence-electron chi connectivity index (χ2n) is 4.29. The highest BCUT2D eigenvalue weighted by atomic mass is 35.7. The molecule has 20 heavy (non-hydrogen) atoms. The molecule has 1 heterocycles. The fourth-order valence-corrected chi connectivity index (χ4v) is 2.41. The predicted molar refractivity (Wildman–Crippen MR) is 76.6 cm³/mol. The van der Waals surface area contributed by atoms with Crippen LogP contribution in [-0.2, 0) is 20.3 Å². The molecular weight excluding hydrogens is 304 g/mol. The van der Waals surface area contributed by atoms with Gasteiger partial charge >= 0.3 is 0 Å². The van der Waals surface area contributed by atoms with Crippen molar-refractivity contribution in [3.63, 3.8) is 0 Å². The number of amides is 1. The molecule has 0 unspecified atom stereocenters. The number of unbranched alkanes of at least 4 members (excludes halogenated alkanes) is 1. The first-order chi connectivity index (χ1) is 9.40. The van der Waals surface area contributed by atoms with E-state index in [1.54, 1.807) is 0 Å². The molecule has 8 heteroatoms. The van der Waals surface area contributed by atoms with Crippen molar-refractivity contribution in [2.24, 2.45) is 0 Å². The Morgan fingerprint density at radius 2 is 2.20 bits per heavy atom. The van der Waals surface area contributed by atoms with Crippen LogP contribution in [0, 0.1) is 0 Å². The van der Waals surface area contributed by atoms with Crippen LogP contribution in [0.5, 0.6) is 0 Å². The number of ether oxygens (including phenoxy) is 1. The molecule has 0 bridgehead atoms. The lowest BCUT2D eigenvalue weighted by Gasteiger charge is -2.08. The summed E-state index contributed by atoms with van der Waals surface area (Å²) in [7, 11) is 2.98. The third-order valence-electron chi connectivity index (χ3n) is 2.74. The summed E-state index contributed by atoms with van der Waals surface area (Å²) in [6.07, 6.45) is 3.17. The number of hydrogen-bond acceptors (Lipinski definition) is 4. The molecule has 1 N–H and O–H groups in total. The fourth-order valence-electron chi connectivity index (χ4n) is 1.65. The lowest BCUT2D eigenvalue weighted by atomic mass is 10.3. The summed E-state index contributed by atoms with van der Waals surface area (Å²) in [5, 5.41) is 2.74. The van der Waals surface area contributed by atoms with E-state index >= 15 is 0 Å². The van der Waals surface area contributed by atoms with Gasteiger partial charge in [0, 0.05) is 37.1 Å². The zero-order valence-electron chi connectivity index (χ0n) is 11.6. The second kappa shape index (κ2) is 7.66. The largest absolute Gasteiger partial charge is 0.383 e. The van der Waals surface area contributed by atoms with Crippen LogP contribution in [0.2, 0.25) is 0 Å². The molecule has 0 saturated carbocycles. The van der Waals surface area contributed by atoms with Gasteiger partial charge in [-0.25, -0.2) is 8.42 Å². The summed E-state index contributed by atoms with van der Waals surface area (Å²) in [6.45, 7) is 3.31. The number of hydrogen-bond donors (Lipinski definition) is 1. The van der Waals surface area contributed by atoms with Gasteiger partial charge in [-0.1, -0.05) is 13.3 Å². The molecule has 1 amide bonds. The topological polar surface area (TPSA) is 77.4 Å². The number of carbonyl (C=O) groups excluding carboxylic acids is 1. The van der Waals surface area contributed by atoms with Crippen molar-refractivity contribution < 1.29 is 17.9 Å². The SMILES string of the molecule is CCCCNC(=O)c1cc(S(=O)(=O)Cl)cn1CCOC. The van der Waals surface area contributed by atoms with Crippen LogP contribution in [-0.4, -0.2) is 39.2 Å². The van der Waals surface area contributed by atoms with Crippen LogP contribution in [0.1, 0.15) is 30.3 Å². The number of nitrogens with zero attached hydrogens (tertiary/aromatic N) is 1. The Morgan fingerprint density at radius 3 is 2.75 bits per heavy atom. The normalized spacial score (nSPS) is 11.6. The standard InChI is InChI=1S/C12H19ClN2O4S/c1-3-4-5-14-12(16)11-8-10(20(13,17)18)9-15(11)6-7-19-2/h8-9H,3-7H2,1-2H3,(H,14,16). The lowest BCUT2D eigenvalue weighted by Crippen LogP contribution is -2.27. The minimum absolute atomic E-state index is 0.0871.